The lowest BCUT2D eigenvalue weighted by Crippen LogP contribution is -2.16. The number of aryl methyl sites for hydroxylation is 1. The van der Waals surface area contributed by atoms with Gasteiger partial charge in [-0.2, -0.15) is 0 Å². The normalized spacial score (nSPS) is 10.5. The number of allylic oxidation sites excluding steroid dienone is 1. The van der Waals surface area contributed by atoms with E-state index in [4.69, 9.17) is 0 Å². The smallest absolute Gasteiger partial charge is 0.255 e. The Kier molecular flexibility index (Phi) is 4.94. The minimum absolute atomic E-state index is 0.0726. The largest absolute Gasteiger partial charge is 0.329 e. The van der Waals surface area contributed by atoms with Crippen LogP contribution in [0.15, 0.2) is 72.9 Å². The third-order valence-electron chi connectivity index (χ3n) is 2.81. The van der Waals surface area contributed by atoms with E-state index in [0.717, 1.165) is 12.8 Å². The van der Waals surface area contributed by atoms with Crippen molar-refractivity contribution < 1.29 is 4.79 Å². The van der Waals surface area contributed by atoms with Gasteiger partial charge in [0.1, 0.15) is 0 Å². The molecule has 0 fully saturated rings. The molecular formula is C17H17NO. The molecule has 0 spiro atoms. The van der Waals surface area contributed by atoms with Gasteiger partial charge in [-0.3, -0.25) is 4.79 Å². The number of carbonyl (C=O) groups is 1. The second-order valence-corrected chi connectivity index (χ2v) is 4.27. The SMILES string of the molecule is O=C(N/C=C/CCc1ccccc1)c1ccccc1. The number of rotatable bonds is 5. The molecule has 2 nitrogen and oxygen atoms in total. The van der Waals surface area contributed by atoms with Gasteiger partial charge >= 0.3 is 0 Å². The summed E-state index contributed by atoms with van der Waals surface area (Å²) in [6.45, 7) is 0. The maximum Gasteiger partial charge on any atom is 0.255 e. The van der Waals surface area contributed by atoms with E-state index >= 15 is 0 Å². The lowest BCUT2D eigenvalue weighted by Gasteiger charge is -1.99. The first-order chi connectivity index (χ1) is 9.36. The number of amides is 1. The van der Waals surface area contributed by atoms with Crippen LogP contribution in [0.1, 0.15) is 22.3 Å². The minimum atomic E-state index is -0.0726. The van der Waals surface area contributed by atoms with Crippen LogP contribution in [-0.2, 0) is 6.42 Å². The summed E-state index contributed by atoms with van der Waals surface area (Å²) in [6, 6.07) is 19.5. The zero-order valence-electron chi connectivity index (χ0n) is 10.8. The highest BCUT2D eigenvalue weighted by Gasteiger charge is 2.00. The van der Waals surface area contributed by atoms with E-state index in [0.29, 0.717) is 5.56 Å². The molecule has 0 unspecified atom stereocenters. The second-order valence-electron chi connectivity index (χ2n) is 4.27. The van der Waals surface area contributed by atoms with Crippen molar-refractivity contribution in [2.45, 2.75) is 12.8 Å². The molecule has 0 saturated carbocycles. The van der Waals surface area contributed by atoms with Crippen LogP contribution in [0.4, 0.5) is 0 Å². The molecule has 0 heterocycles. The Morgan fingerprint density at radius 3 is 2.26 bits per heavy atom. The van der Waals surface area contributed by atoms with Crippen molar-refractivity contribution in [3.8, 4) is 0 Å². The van der Waals surface area contributed by atoms with Crippen molar-refractivity contribution in [2.24, 2.45) is 0 Å². The van der Waals surface area contributed by atoms with E-state index in [-0.39, 0.29) is 5.91 Å². The Balaban J connectivity index is 1.74. The monoisotopic (exact) mass is 251 g/mol. The zero-order chi connectivity index (χ0) is 13.3. The first-order valence-corrected chi connectivity index (χ1v) is 6.41. The van der Waals surface area contributed by atoms with Crippen LogP contribution < -0.4 is 5.32 Å². The van der Waals surface area contributed by atoms with E-state index in [9.17, 15) is 4.79 Å². The summed E-state index contributed by atoms with van der Waals surface area (Å²) in [5, 5.41) is 2.77. The predicted molar refractivity (Wildman–Crippen MR) is 77.8 cm³/mol. The minimum Gasteiger partial charge on any atom is -0.329 e. The fourth-order valence-corrected chi connectivity index (χ4v) is 1.79. The average Bonchev–Trinajstić information content (AvgIpc) is 2.49. The quantitative estimate of drug-likeness (QED) is 0.865. The number of carbonyl (C=O) groups excluding carboxylic acids is 1. The molecule has 1 amide bonds. The van der Waals surface area contributed by atoms with Crippen LogP contribution in [0.2, 0.25) is 0 Å². The molecule has 0 aliphatic carbocycles. The highest BCUT2D eigenvalue weighted by Crippen LogP contribution is 2.02. The third-order valence-corrected chi connectivity index (χ3v) is 2.81. The van der Waals surface area contributed by atoms with Gasteiger partial charge in [0.15, 0.2) is 0 Å². The molecule has 0 atom stereocenters. The van der Waals surface area contributed by atoms with Gasteiger partial charge in [0.2, 0.25) is 0 Å². The van der Waals surface area contributed by atoms with E-state index in [1.807, 2.05) is 42.5 Å². The van der Waals surface area contributed by atoms with Crippen molar-refractivity contribution >= 4 is 5.91 Å². The molecule has 0 bridgehead atoms. The summed E-state index contributed by atoms with van der Waals surface area (Å²) in [4.78, 5) is 11.7. The Hall–Kier alpha value is -2.35. The highest BCUT2D eigenvalue weighted by molar-refractivity contribution is 5.94. The van der Waals surface area contributed by atoms with Crippen LogP contribution in [0.5, 0.6) is 0 Å². The standard InChI is InChI=1S/C17H17NO/c19-17(16-12-5-2-6-13-16)18-14-8-7-11-15-9-3-1-4-10-15/h1-6,8-10,12-14H,7,11H2,(H,18,19)/b14-8+. The number of hydrogen-bond donors (Lipinski definition) is 1. The second kappa shape index (κ2) is 7.17. The van der Waals surface area contributed by atoms with Crippen LogP contribution in [0.3, 0.4) is 0 Å². The van der Waals surface area contributed by atoms with Gasteiger partial charge in [-0.25, -0.2) is 0 Å². The molecule has 0 radical (unpaired) electrons. The van der Waals surface area contributed by atoms with Gasteiger partial charge in [0, 0.05) is 11.8 Å². The Bertz CT molecular complexity index is 532. The molecule has 2 rings (SSSR count). The molecule has 0 saturated heterocycles. The third kappa shape index (κ3) is 4.43. The average molecular weight is 251 g/mol. The maximum atomic E-state index is 11.7. The molecular weight excluding hydrogens is 234 g/mol. The summed E-state index contributed by atoms with van der Waals surface area (Å²) < 4.78 is 0. The predicted octanol–water partition coefficient (Wildman–Crippen LogP) is 3.56. The summed E-state index contributed by atoms with van der Waals surface area (Å²) in [7, 11) is 0. The van der Waals surface area contributed by atoms with Crippen molar-refractivity contribution in [3.05, 3.63) is 84.1 Å². The fourth-order valence-electron chi connectivity index (χ4n) is 1.79. The molecule has 2 aromatic carbocycles. The van der Waals surface area contributed by atoms with Gasteiger partial charge in [-0.05, 0) is 30.5 Å². The Morgan fingerprint density at radius 2 is 1.58 bits per heavy atom. The van der Waals surface area contributed by atoms with Crippen LogP contribution >= 0.6 is 0 Å². The number of benzene rings is 2. The zero-order valence-corrected chi connectivity index (χ0v) is 10.8. The molecule has 2 aromatic rings. The maximum absolute atomic E-state index is 11.7. The Morgan fingerprint density at radius 1 is 0.947 bits per heavy atom. The first-order valence-electron chi connectivity index (χ1n) is 6.41. The molecule has 0 aliphatic heterocycles. The molecule has 1 N–H and O–H groups in total. The molecule has 0 aliphatic rings. The van der Waals surface area contributed by atoms with Crippen LogP contribution in [0, 0.1) is 0 Å². The highest BCUT2D eigenvalue weighted by atomic mass is 16.1. The van der Waals surface area contributed by atoms with Gasteiger partial charge in [-0.1, -0.05) is 54.6 Å². The van der Waals surface area contributed by atoms with Gasteiger partial charge in [0.05, 0.1) is 0 Å². The van der Waals surface area contributed by atoms with Crippen molar-refractivity contribution in [2.75, 3.05) is 0 Å². The molecule has 0 aromatic heterocycles. The van der Waals surface area contributed by atoms with E-state index in [1.165, 1.54) is 5.56 Å². The summed E-state index contributed by atoms with van der Waals surface area (Å²) in [6.07, 6.45) is 5.60. The van der Waals surface area contributed by atoms with Gasteiger partial charge in [0.25, 0.3) is 5.91 Å². The van der Waals surface area contributed by atoms with E-state index < -0.39 is 0 Å². The first kappa shape index (κ1) is 13.1. The van der Waals surface area contributed by atoms with Gasteiger partial charge in [-0.15, -0.1) is 0 Å². The van der Waals surface area contributed by atoms with Crippen molar-refractivity contribution in [1.82, 2.24) is 5.32 Å². The molecule has 96 valence electrons. The summed E-state index contributed by atoms with van der Waals surface area (Å²) in [5.74, 6) is -0.0726. The lowest BCUT2D eigenvalue weighted by molar-refractivity contribution is 0.0970. The topological polar surface area (TPSA) is 29.1 Å². The number of hydrogen-bond acceptors (Lipinski definition) is 1. The van der Waals surface area contributed by atoms with Crippen molar-refractivity contribution in [1.29, 1.82) is 0 Å². The number of nitrogens with one attached hydrogen (secondary N) is 1. The molecule has 19 heavy (non-hydrogen) atoms. The van der Waals surface area contributed by atoms with E-state index in [2.05, 4.69) is 17.4 Å². The van der Waals surface area contributed by atoms with Crippen LogP contribution in [-0.4, -0.2) is 5.91 Å². The Labute approximate surface area is 113 Å². The fraction of sp³-hybridized carbons (Fsp3) is 0.118. The lowest BCUT2D eigenvalue weighted by atomic mass is 10.1. The summed E-state index contributed by atoms with van der Waals surface area (Å²) >= 11 is 0. The molecule has 2 heteroatoms. The summed E-state index contributed by atoms with van der Waals surface area (Å²) in [5.41, 5.74) is 1.98. The van der Waals surface area contributed by atoms with Crippen molar-refractivity contribution in [3.63, 3.8) is 0 Å². The van der Waals surface area contributed by atoms with Gasteiger partial charge < -0.3 is 5.32 Å². The van der Waals surface area contributed by atoms with E-state index in [1.54, 1.807) is 18.3 Å². The van der Waals surface area contributed by atoms with Crippen LogP contribution in [0.25, 0.3) is 0 Å².